The molecule has 0 aliphatic rings. The standard InChI is InChI=1S/C18H23N5O4/c1-26-15-6-4-12(10-14(15)17(24)20-9-3-8-19)22-18(25)23-13-5-7-16(27-2)21-11-13/h4-7,10-11H,3,8-9,19H2,1-2H3,(H,20,24)(H2,22,23,25). The normalized spacial score (nSPS) is 10.0. The first-order chi connectivity index (χ1) is 13.1. The van der Waals surface area contributed by atoms with Crippen molar-refractivity contribution < 1.29 is 19.1 Å². The molecular weight excluding hydrogens is 350 g/mol. The maximum Gasteiger partial charge on any atom is 0.323 e. The molecule has 9 heteroatoms. The summed E-state index contributed by atoms with van der Waals surface area (Å²) in [5.41, 5.74) is 6.69. The molecule has 0 bridgehead atoms. The maximum atomic E-state index is 12.3. The van der Waals surface area contributed by atoms with Crippen molar-refractivity contribution in [2.75, 3.05) is 37.9 Å². The zero-order valence-electron chi connectivity index (χ0n) is 15.2. The highest BCUT2D eigenvalue weighted by Crippen LogP contribution is 2.23. The molecule has 9 nitrogen and oxygen atoms in total. The molecule has 0 spiro atoms. The van der Waals surface area contributed by atoms with Gasteiger partial charge in [0.1, 0.15) is 5.75 Å². The van der Waals surface area contributed by atoms with Crippen LogP contribution in [-0.2, 0) is 0 Å². The van der Waals surface area contributed by atoms with E-state index in [1.165, 1.54) is 20.4 Å². The summed E-state index contributed by atoms with van der Waals surface area (Å²) in [5, 5.41) is 8.07. The number of carbonyl (C=O) groups is 2. The van der Waals surface area contributed by atoms with Crippen LogP contribution in [-0.4, -0.2) is 44.2 Å². The predicted octanol–water partition coefficient (Wildman–Crippen LogP) is 1.82. The largest absolute Gasteiger partial charge is 0.496 e. The first kappa shape index (κ1) is 20.0. The van der Waals surface area contributed by atoms with Crippen molar-refractivity contribution in [2.45, 2.75) is 6.42 Å². The van der Waals surface area contributed by atoms with E-state index >= 15 is 0 Å². The second-order valence-electron chi connectivity index (χ2n) is 5.48. The number of urea groups is 1. The van der Waals surface area contributed by atoms with Crippen molar-refractivity contribution in [3.63, 3.8) is 0 Å². The predicted molar refractivity (Wildman–Crippen MR) is 102 cm³/mol. The summed E-state index contributed by atoms with van der Waals surface area (Å²) in [6.45, 7) is 0.945. The van der Waals surface area contributed by atoms with Gasteiger partial charge in [-0.2, -0.15) is 0 Å². The van der Waals surface area contributed by atoms with E-state index in [2.05, 4.69) is 20.9 Å². The lowest BCUT2D eigenvalue weighted by Crippen LogP contribution is -2.26. The van der Waals surface area contributed by atoms with Gasteiger partial charge in [-0.1, -0.05) is 0 Å². The number of amides is 3. The van der Waals surface area contributed by atoms with Gasteiger partial charge in [0.25, 0.3) is 5.91 Å². The minimum Gasteiger partial charge on any atom is -0.496 e. The number of benzene rings is 1. The van der Waals surface area contributed by atoms with Crippen molar-refractivity contribution in [2.24, 2.45) is 5.73 Å². The van der Waals surface area contributed by atoms with Crippen LogP contribution in [0.15, 0.2) is 36.5 Å². The quantitative estimate of drug-likeness (QED) is 0.523. The molecule has 1 heterocycles. The van der Waals surface area contributed by atoms with Crippen molar-refractivity contribution >= 4 is 23.3 Å². The van der Waals surface area contributed by atoms with Crippen LogP contribution in [0.3, 0.4) is 0 Å². The Morgan fingerprint density at radius 3 is 2.44 bits per heavy atom. The van der Waals surface area contributed by atoms with Gasteiger partial charge in [0.2, 0.25) is 5.88 Å². The van der Waals surface area contributed by atoms with Crippen molar-refractivity contribution in [1.29, 1.82) is 0 Å². The minimum atomic E-state index is -0.471. The molecule has 0 aliphatic heterocycles. The van der Waals surface area contributed by atoms with Crippen LogP contribution in [0.25, 0.3) is 0 Å². The molecule has 1 aromatic heterocycles. The summed E-state index contributed by atoms with van der Waals surface area (Å²) < 4.78 is 10.2. The van der Waals surface area contributed by atoms with Gasteiger partial charge >= 0.3 is 6.03 Å². The number of hydrogen-bond donors (Lipinski definition) is 4. The van der Waals surface area contributed by atoms with Gasteiger partial charge in [-0.05, 0) is 37.2 Å². The van der Waals surface area contributed by atoms with Crippen LogP contribution in [0.2, 0.25) is 0 Å². The number of rotatable bonds is 8. The Bertz CT molecular complexity index is 780. The van der Waals surface area contributed by atoms with Gasteiger partial charge in [0, 0.05) is 18.3 Å². The van der Waals surface area contributed by atoms with Crippen LogP contribution in [0.1, 0.15) is 16.8 Å². The fourth-order valence-corrected chi connectivity index (χ4v) is 2.23. The number of ether oxygens (including phenoxy) is 2. The summed E-state index contributed by atoms with van der Waals surface area (Å²) in [6.07, 6.45) is 2.15. The van der Waals surface area contributed by atoms with Gasteiger partial charge in [-0.15, -0.1) is 0 Å². The lowest BCUT2D eigenvalue weighted by molar-refractivity contribution is 0.0950. The summed E-state index contributed by atoms with van der Waals surface area (Å²) in [4.78, 5) is 28.5. The van der Waals surface area contributed by atoms with E-state index in [0.717, 1.165) is 0 Å². The van der Waals surface area contributed by atoms with E-state index in [9.17, 15) is 9.59 Å². The van der Waals surface area contributed by atoms with Gasteiger partial charge in [0.05, 0.1) is 31.7 Å². The Kier molecular flexibility index (Phi) is 7.38. The van der Waals surface area contributed by atoms with Gasteiger partial charge < -0.3 is 31.2 Å². The maximum absolute atomic E-state index is 12.3. The average Bonchev–Trinajstić information content (AvgIpc) is 2.68. The van der Waals surface area contributed by atoms with Crippen molar-refractivity contribution in [1.82, 2.24) is 10.3 Å². The van der Waals surface area contributed by atoms with Crippen LogP contribution in [0.4, 0.5) is 16.2 Å². The second-order valence-corrected chi connectivity index (χ2v) is 5.48. The van der Waals surface area contributed by atoms with E-state index in [4.69, 9.17) is 15.2 Å². The fraction of sp³-hybridized carbons (Fsp3) is 0.278. The first-order valence-corrected chi connectivity index (χ1v) is 8.31. The number of pyridine rings is 1. The van der Waals surface area contributed by atoms with Gasteiger partial charge in [-0.25, -0.2) is 9.78 Å². The van der Waals surface area contributed by atoms with Crippen LogP contribution >= 0.6 is 0 Å². The Hall–Kier alpha value is -3.33. The molecule has 0 saturated heterocycles. The van der Waals surface area contributed by atoms with E-state index in [0.29, 0.717) is 48.1 Å². The lowest BCUT2D eigenvalue weighted by Gasteiger charge is -2.12. The van der Waals surface area contributed by atoms with Gasteiger partial charge in [-0.3, -0.25) is 4.79 Å². The molecule has 0 aliphatic carbocycles. The molecule has 27 heavy (non-hydrogen) atoms. The molecule has 2 rings (SSSR count). The fourth-order valence-electron chi connectivity index (χ4n) is 2.23. The second kappa shape index (κ2) is 9.97. The third-order valence-electron chi connectivity index (χ3n) is 3.57. The van der Waals surface area contributed by atoms with Crippen LogP contribution in [0, 0.1) is 0 Å². The highest BCUT2D eigenvalue weighted by molar-refractivity contribution is 6.02. The van der Waals surface area contributed by atoms with Crippen molar-refractivity contribution in [3.05, 3.63) is 42.1 Å². The molecule has 1 aromatic carbocycles. The third kappa shape index (κ3) is 5.86. The molecule has 0 saturated carbocycles. The van der Waals surface area contributed by atoms with E-state index in [1.54, 1.807) is 30.3 Å². The molecule has 2 aromatic rings. The van der Waals surface area contributed by atoms with E-state index < -0.39 is 6.03 Å². The van der Waals surface area contributed by atoms with E-state index in [1.807, 2.05) is 0 Å². The number of nitrogens with zero attached hydrogens (tertiary/aromatic N) is 1. The van der Waals surface area contributed by atoms with Crippen LogP contribution < -0.4 is 31.2 Å². The number of anilines is 2. The molecule has 144 valence electrons. The summed E-state index contributed by atoms with van der Waals surface area (Å²) >= 11 is 0. The minimum absolute atomic E-state index is 0.302. The van der Waals surface area contributed by atoms with Gasteiger partial charge in [0.15, 0.2) is 0 Å². The van der Waals surface area contributed by atoms with Crippen molar-refractivity contribution in [3.8, 4) is 11.6 Å². The molecule has 0 unspecified atom stereocenters. The Balaban J connectivity index is 2.05. The SMILES string of the molecule is COc1ccc(NC(=O)Nc2ccc(OC)c(C(=O)NCCCN)c2)cn1. The van der Waals surface area contributed by atoms with E-state index in [-0.39, 0.29) is 5.91 Å². The summed E-state index contributed by atoms with van der Waals surface area (Å²) in [5.74, 6) is 0.552. The number of methoxy groups -OCH3 is 2. The number of hydrogen-bond acceptors (Lipinski definition) is 6. The number of aromatic nitrogens is 1. The molecule has 0 atom stereocenters. The monoisotopic (exact) mass is 373 g/mol. The highest BCUT2D eigenvalue weighted by Gasteiger charge is 2.14. The Labute approximate surface area is 157 Å². The zero-order valence-corrected chi connectivity index (χ0v) is 15.2. The average molecular weight is 373 g/mol. The number of carbonyl (C=O) groups excluding carboxylic acids is 2. The molecule has 5 N–H and O–H groups in total. The molecule has 0 fully saturated rings. The first-order valence-electron chi connectivity index (χ1n) is 8.31. The number of nitrogens with two attached hydrogens (primary N) is 1. The third-order valence-corrected chi connectivity index (χ3v) is 3.57. The smallest absolute Gasteiger partial charge is 0.323 e. The Morgan fingerprint density at radius 1 is 1.07 bits per heavy atom. The lowest BCUT2D eigenvalue weighted by atomic mass is 10.1. The summed E-state index contributed by atoms with van der Waals surface area (Å²) in [7, 11) is 2.98. The zero-order chi connectivity index (χ0) is 19.6. The molecule has 3 amide bonds. The molecule has 0 radical (unpaired) electrons. The number of nitrogens with one attached hydrogen (secondary N) is 3. The van der Waals surface area contributed by atoms with Crippen LogP contribution in [0.5, 0.6) is 11.6 Å². The summed E-state index contributed by atoms with van der Waals surface area (Å²) in [6, 6.07) is 7.62. The molecular formula is C18H23N5O4. The Morgan fingerprint density at radius 2 is 1.81 bits per heavy atom. The highest BCUT2D eigenvalue weighted by atomic mass is 16.5. The topological polar surface area (TPSA) is 128 Å².